The molecule has 4 heteroatoms. The number of methoxy groups -OCH3 is 1. The second-order valence-corrected chi connectivity index (χ2v) is 2.12. The number of aromatic nitrogens is 2. The van der Waals surface area contributed by atoms with E-state index in [0.717, 1.165) is 0 Å². The van der Waals surface area contributed by atoms with Crippen molar-refractivity contribution < 1.29 is 11.6 Å². The highest BCUT2D eigenvalue weighted by Gasteiger charge is 1.93. The molecular weight excluding hydrogens is 196 g/mol. The fraction of sp³-hybridized carbons (Fsp3) is 0.333. The van der Waals surface area contributed by atoms with Crippen LogP contribution in [0.2, 0.25) is 0 Å². The lowest BCUT2D eigenvalue weighted by Crippen LogP contribution is -1.92. The van der Waals surface area contributed by atoms with Crippen LogP contribution in [0.15, 0.2) is 17.0 Å². The van der Waals surface area contributed by atoms with Gasteiger partial charge in [0.15, 0.2) is 4.73 Å². The predicted octanol–water partition coefficient (Wildman–Crippen LogP) is 1.39. The molecule has 10 heavy (non-hydrogen) atoms. The Hall–Kier alpha value is -0.480. The molecule has 0 saturated heterocycles. The van der Waals surface area contributed by atoms with E-state index in [2.05, 4.69) is 30.6 Å². The molecule has 0 N–H and O–H groups in total. The van der Waals surface area contributed by atoms with E-state index in [1.165, 1.54) is 12.3 Å². The van der Waals surface area contributed by atoms with Crippen LogP contribution in [0.5, 0.6) is 0 Å². The molecule has 0 fully saturated rings. The average Bonchev–Trinajstić information content (AvgIpc) is 1.99. The number of halogens is 1. The lowest BCUT2D eigenvalue weighted by atomic mass is 10.4. The highest BCUT2D eigenvalue weighted by atomic mass is 79.9. The Balaban J connectivity index is 2.95. The average molecular weight is 208 g/mol. The van der Waals surface area contributed by atoms with Crippen molar-refractivity contribution in [3.63, 3.8) is 0 Å². The molecule has 54 valence electrons. The lowest BCUT2D eigenvalue weighted by Gasteiger charge is -1.96. The molecular formula is C6H7BrN2O. The molecule has 1 aromatic rings. The number of ether oxygens (including phenoxy) is 1. The lowest BCUT2D eigenvalue weighted by molar-refractivity contribution is 0.181. The largest absolute Gasteiger partial charge is 0.378 e. The summed E-state index contributed by atoms with van der Waals surface area (Å²) in [6, 6.07) is 1.25. The van der Waals surface area contributed by atoms with Gasteiger partial charge in [0, 0.05) is 13.2 Å². The fourth-order valence-electron chi connectivity index (χ4n) is 0.444. The summed E-state index contributed by atoms with van der Waals surface area (Å²) in [5.41, 5.74) is -0.152. The van der Waals surface area contributed by atoms with Crippen molar-refractivity contribution in [1.82, 2.24) is 9.97 Å². The van der Waals surface area contributed by atoms with Crippen LogP contribution in [0.25, 0.3) is 0 Å². The molecule has 0 bridgehead atoms. The molecule has 3 nitrogen and oxygen atoms in total. The van der Waals surface area contributed by atoms with E-state index in [1.54, 1.807) is 0 Å². The molecule has 1 aromatic heterocycles. The quantitative estimate of drug-likeness (QED) is 0.688. The van der Waals surface area contributed by atoms with Crippen LogP contribution >= 0.6 is 15.9 Å². The molecule has 0 saturated carbocycles. The zero-order chi connectivity index (χ0) is 11.7. The number of hydrogen-bond acceptors (Lipinski definition) is 3. The van der Waals surface area contributed by atoms with E-state index in [1.807, 2.05) is 0 Å². The third-order valence-corrected chi connectivity index (χ3v) is 1.16. The van der Waals surface area contributed by atoms with Gasteiger partial charge in [0.05, 0.1) is 19.1 Å². The Labute approximate surface area is 74.6 Å². The normalized spacial score (nSPS) is 19.9. The second kappa shape index (κ2) is 3.63. The Morgan fingerprint density at radius 2 is 2.90 bits per heavy atom. The van der Waals surface area contributed by atoms with Gasteiger partial charge in [-0.2, -0.15) is 0 Å². The summed E-state index contributed by atoms with van der Waals surface area (Å²) in [4.78, 5) is 7.38. The van der Waals surface area contributed by atoms with Crippen molar-refractivity contribution in [3.05, 3.63) is 22.7 Å². The first kappa shape index (κ1) is 3.28. The number of rotatable bonds is 2. The van der Waals surface area contributed by atoms with Gasteiger partial charge in [-0.25, -0.2) is 9.97 Å². The monoisotopic (exact) mass is 207 g/mol. The van der Waals surface area contributed by atoms with Crippen molar-refractivity contribution in [2.75, 3.05) is 7.04 Å². The van der Waals surface area contributed by atoms with Gasteiger partial charge < -0.3 is 4.74 Å². The molecule has 0 aliphatic carbocycles. The van der Waals surface area contributed by atoms with Crippen molar-refractivity contribution in [2.45, 2.75) is 6.56 Å². The Morgan fingerprint density at radius 1 is 2.00 bits per heavy atom. The van der Waals surface area contributed by atoms with Crippen LogP contribution in [0.3, 0.4) is 0 Å². The fourth-order valence-corrected chi connectivity index (χ4v) is 0.753. The molecule has 0 atom stereocenters. The molecule has 0 radical (unpaired) electrons. The maximum atomic E-state index is 7.39. The Kier molecular flexibility index (Phi) is 1.19. The molecule has 1 rings (SSSR count). The smallest absolute Gasteiger partial charge is 0.196 e. The van der Waals surface area contributed by atoms with E-state index in [4.69, 9.17) is 6.85 Å². The van der Waals surface area contributed by atoms with Crippen molar-refractivity contribution in [1.29, 1.82) is 0 Å². The van der Waals surface area contributed by atoms with E-state index in [-0.39, 0.29) is 10.4 Å². The zero-order valence-electron chi connectivity index (χ0n) is 9.84. The van der Waals surface area contributed by atoms with Crippen molar-refractivity contribution >= 4 is 15.9 Å². The van der Waals surface area contributed by atoms with Gasteiger partial charge >= 0.3 is 0 Å². The number of hydrogen-bond donors (Lipinski definition) is 0. The first-order chi connectivity index (χ1) is 6.71. The number of nitrogens with zero attached hydrogens (tertiary/aromatic N) is 2. The highest BCUT2D eigenvalue weighted by molar-refractivity contribution is 9.10. The highest BCUT2D eigenvalue weighted by Crippen LogP contribution is 2.02. The summed E-state index contributed by atoms with van der Waals surface area (Å²) in [6.07, 6.45) is 1.30. The summed E-state index contributed by atoms with van der Waals surface area (Å²) in [5, 5.41) is 0. The summed E-state index contributed by atoms with van der Waals surface area (Å²) < 4.78 is 39.7. The van der Waals surface area contributed by atoms with E-state index in [9.17, 15) is 0 Å². The third kappa shape index (κ3) is 2.04. The van der Waals surface area contributed by atoms with Gasteiger partial charge in [-0.05, 0) is 22.0 Å². The molecule has 0 aromatic carbocycles. The van der Waals surface area contributed by atoms with E-state index >= 15 is 0 Å². The molecule has 0 aliphatic rings. The standard InChI is InChI=1S/C6H7BrN2O/c1-10-4-5-2-3-8-6(7)9-5/h2-3H,4H2,1H3/i1D3,4D2. The third-order valence-electron chi connectivity index (χ3n) is 0.782. The minimum Gasteiger partial charge on any atom is -0.378 e. The predicted molar refractivity (Wildman–Crippen MR) is 40.4 cm³/mol. The first-order valence-corrected chi connectivity index (χ1v) is 3.19. The SMILES string of the molecule is [2H]C([2H])([2H])OC([2H])([2H])c1ccnc(Br)n1. The van der Waals surface area contributed by atoms with Gasteiger partial charge in [0.1, 0.15) is 0 Å². The van der Waals surface area contributed by atoms with Crippen molar-refractivity contribution in [2.24, 2.45) is 0 Å². The van der Waals surface area contributed by atoms with Gasteiger partial charge in [0.2, 0.25) is 0 Å². The second-order valence-electron chi connectivity index (χ2n) is 1.42. The van der Waals surface area contributed by atoms with Crippen molar-refractivity contribution in [3.8, 4) is 0 Å². The van der Waals surface area contributed by atoms with Crippen LogP contribution in [0.4, 0.5) is 0 Å². The minimum absolute atomic E-state index is 0.152. The molecule has 1 heterocycles. The molecule has 0 spiro atoms. The van der Waals surface area contributed by atoms with E-state index in [0.29, 0.717) is 0 Å². The summed E-state index contributed by atoms with van der Waals surface area (Å²) in [7, 11) is -2.82. The maximum absolute atomic E-state index is 7.39. The molecule has 0 aliphatic heterocycles. The Bertz CT molecular complexity index is 356. The van der Waals surface area contributed by atoms with Gasteiger partial charge in [-0.1, -0.05) is 0 Å². The van der Waals surface area contributed by atoms with Gasteiger partial charge in [0.25, 0.3) is 0 Å². The van der Waals surface area contributed by atoms with Crippen LogP contribution in [-0.2, 0) is 11.3 Å². The summed E-state index contributed by atoms with van der Waals surface area (Å²) in [5.74, 6) is 0. The van der Waals surface area contributed by atoms with Crippen LogP contribution < -0.4 is 0 Å². The topological polar surface area (TPSA) is 35.0 Å². The zero-order valence-corrected chi connectivity index (χ0v) is 6.42. The first-order valence-electron chi connectivity index (χ1n) is 4.90. The Morgan fingerprint density at radius 3 is 3.60 bits per heavy atom. The summed E-state index contributed by atoms with van der Waals surface area (Å²) >= 11 is 2.95. The molecule has 0 amide bonds. The van der Waals surface area contributed by atoms with Crippen LogP contribution in [0.1, 0.15) is 12.5 Å². The minimum atomic E-state index is -2.82. The summed E-state index contributed by atoms with van der Waals surface area (Å²) in [6.45, 7) is -2.48. The molecule has 0 unspecified atom stereocenters. The van der Waals surface area contributed by atoms with Crippen LogP contribution in [0, 0.1) is 0 Å². The van der Waals surface area contributed by atoms with Crippen LogP contribution in [-0.4, -0.2) is 17.0 Å². The maximum Gasteiger partial charge on any atom is 0.196 e. The van der Waals surface area contributed by atoms with E-state index < -0.39 is 13.6 Å². The van der Waals surface area contributed by atoms with Gasteiger partial charge in [-0.3, -0.25) is 0 Å². The van der Waals surface area contributed by atoms with Gasteiger partial charge in [-0.15, -0.1) is 0 Å².